The maximum atomic E-state index is 12.4. The summed E-state index contributed by atoms with van der Waals surface area (Å²) in [7, 11) is -3.17. The number of piperidine rings is 1. The molecule has 1 saturated carbocycles. The minimum Gasteiger partial charge on any atom is -0.492 e. The SMILES string of the molecule is CCCS(=O)(=O)N1CC[C@@H]2C[C@@H](C(=O)NCCOc3ccccc3)[C@@H]2C1. The highest BCUT2D eigenvalue weighted by Crippen LogP contribution is 2.46. The zero-order valence-corrected chi connectivity index (χ0v) is 16.1. The van der Waals surface area contributed by atoms with E-state index >= 15 is 0 Å². The maximum absolute atomic E-state index is 12.4. The summed E-state index contributed by atoms with van der Waals surface area (Å²) in [5, 5.41) is 2.93. The van der Waals surface area contributed by atoms with E-state index in [0.29, 0.717) is 38.6 Å². The summed E-state index contributed by atoms with van der Waals surface area (Å²) >= 11 is 0. The third-order valence-electron chi connectivity index (χ3n) is 5.45. The van der Waals surface area contributed by atoms with Crippen LogP contribution in [0.1, 0.15) is 26.2 Å². The molecule has 3 rings (SSSR count). The van der Waals surface area contributed by atoms with Gasteiger partial charge in [0.1, 0.15) is 12.4 Å². The number of benzene rings is 1. The third kappa shape index (κ3) is 4.38. The van der Waals surface area contributed by atoms with E-state index in [2.05, 4.69) is 5.32 Å². The third-order valence-corrected chi connectivity index (χ3v) is 7.49. The largest absolute Gasteiger partial charge is 0.492 e. The van der Waals surface area contributed by atoms with Crippen molar-refractivity contribution >= 4 is 15.9 Å². The van der Waals surface area contributed by atoms with E-state index in [0.717, 1.165) is 18.6 Å². The van der Waals surface area contributed by atoms with Crippen LogP contribution in [-0.4, -0.2) is 50.6 Å². The van der Waals surface area contributed by atoms with Crippen molar-refractivity contribution in [1.29, 1.82) is 0 Å². The maximum Gasteiger partial charge on any atom is 0.223 e. The van der Waals surface area contributed by atoms with Crippen molar-refractivity contribution in [2.45, 2.75) is 26.2 Å². The number of para-hydroxylation sites is 1. The molecule has 1 aliphatic heterocycles. The summed E-state index contributed by atoms with van der Waals surface area (Å²) in [5.41, 5.74) is 0. The Morgan fingerprint density at radius 1 is 1.31 bits per heavy atom. The molecule has 0 unspecified atom stereocenters. The summed E-state index contributed by atoms with van der Waals surface area (Å²) < 4.78 is 31.8. The second kappa shape index (κ2) is 8.39. The van der Waals surface area contributed by atoms with Crippen molar-refractivity contribution in [3.05, 3.63) is 30.3 Å². The van der Waals surface area contributed by atoms with Crippen LogP contribution in [-0.2, 0) is 14.8 Å². The minimum absolute atomic E-state index is 0.0256. The van der Waals surface area contributed by atoms with Crippen LogP contribution in [0.15, 0.2) is 30.3 Å². The van der Waals surface area contributed by atoms with Gasteiger partial charge in [-0.3, -0.25) is 4.79 Å². The van der Waals surface area contributed by atoms with E-state index < -0.39 is 10.0 Å². The quantitative estimate of drug-likeness (QED) is 0.699. The Kier molecular flexibility index (Phi) is 6.19. The number of ether oxygens (including phenoxy) is 1. The van der Waals surface area contributed by atoms with Crippen LogP contribution in [0.25, 0.3) is 0 Å². The molecule has 0 aromatic heterocycles. The smallest absolute Gasteiger partial charge is 0.223 e. The van der Waals surface area contributed by atoms with Crippen molar-refractivity contribution in [3.63, 3.8) is 0 Å². The first-order valence-electron chi connectivity index (χ1n) is 9.44. The molecule has 1 heterocycles. The molecule has 26 heavy (non-hydrogen) atoms. The van der Waals surface area contributed by atoms with Gasteiger partial charge >= 0.3 is 0 Å². The van der Waals surface area contributed by atoms with Crippen LogP contribution in [0.5, 0.6) is 5.75 Å². The molecule has 7 heteroatoms. The molecule has 6 nitrogen and oxygen atoms in total. The molecule has 1 aromatic rings. The number of nitrogens with one attached hydrogen (secondary N) is 1. The molecular weight excluding hydrogens is 352 g/mol. The van der Waals surface area contributed by atoms with Gasteiger partial charge in [-0.05, 0) is 43.2 Å². The number of carbonyl (C=O) groups is 1. The monoisotopic (exact) mass is 380 g/mol. The van der Waals surface area contributed by atoms with E-state index in [9.17, 15) is 13.2 Å². The topological polar surface area (TPSA) is 75.7 Å². The summed E-state index contributed by atoms with van der Waals surface area (Å²) in [6.45, 7) is 3.85. The number of fused-ring (bicyclic) bond motifs is 1. The summed E-state index contributed by atoms with van der Waals surface area (Å²) in [6.07, 6.45) is 2.37. The minimum atomic E-state index is -3.17. The van der Waals surface area contributed by atoms with Gasteiger partial charge in [-0.1, -0.05) is 25.1 Å². The van der Waals surface area contributed by atoms with Gasteiger partial charge in [0.2, 0.25) is 15.9 Å². The molecule has 1 amide bonds. The number of nitrogens with zero attached hydrogens (tertiary/aromatic N) is 1. The Bertz CT molecular complexity index is 708. The molecule has 2 fully saturated rings. The van der Waals surface area contributed by atoms with E-state index in [4.69, 9.17) is 4.74 Å². The fraction of sp³-hybridized carbons (Fsp3) is 0.632. The highest BCUT2D eigenvalue weighted by atomic mass is 32.2. The van der Waals surface area contributed by atoms with Crippen molar-refractivity contribution in [1.82, 2.24) is 9.62 Å². The first-order valence-corrected chi connectivity index (χ1v) is 11.1. The van der Waals surface area contributed by atoms with Gasteiger partial charge in [0.15, 0.2) is 0 Å². The highest BCUT2D eigenvalue weighted by Gasteiger charge is 2.49. The lowest BCUT2D eigenvalue weighted by molar-refractivity contribution is -0.135. The molecule has 1 N–H and O–H groups in total. The zero-order valence-electron chi connectivity index (χ0n) is 15.3. The molecule has 0 spiro atoms. The lowest BCUT2D eigenvalue weighted by Crippen LogP contribution is -2.56. The second-order valence-electron chi connectivity index (χ2n) is 7.18. The molecule has 1 saturated heterocycles. The van der Waals surface area contributed by atoms with Gasteiger partial charge in [-0.2, -0.15) is 0 Å². The van der Waals surface area contributed by atoms with Crippen LogP contribution in [0, 0.1) is 17.8 Å². The lowest BCUT2D eigenvalue weighted by atomic mass is 9.61. The van der Waals surface area contributed by atoms with Gasteiger partial charge in [-0.25, -0.2) is 12.7 Å². The van der Waals surface area contributed by atoms with Gasteiger partial charge in [-0.15, -0.1) is 0 Å². The summed E-state index contributed by atoms with van der Waals surface area (Å²) in [5.74, 6) is 1.58. The molecule has 2 aliphatic rings. The second-order valence-corrected chi connectivity index (χ2v) is 9.27. The fourth-order valence-corrected chi connectivity index (χ4v) is 5.54. The van der Waals surface area contributed by atoms with Gasteiger partial charge < -0.3 is 10.1 Å². The van der Waals surface area contributed by atoms with Crippen LogP contribution < -0.4 is 10.1 Å². The van der Waals surface area contributed by atoms with Crippen molar-refractivity contribution in [2.75, 3.05) is 32.0 Å². The van der Waals surface area contributed by atoms with Crippen molar-refractivity contribution < 1.29 is 17.9 Å². The van der Waals surface area contributed by atoms with E-state index in [1.54, 1.807) is 4.31 Å². The molecule has 144 valence electrons. The summed E-state index contributed by atoms with van der Waals surface area (Å²) in [4.78, 5) is 12.4. The fourth-order valence-electron chi connectivity index (χ4n) is 3.99. The normalized spacial score (nSPS) is 25.8. The standard InChI is InChI=1S/C19H28N2O4S/c1-2-12-26(23,24)21-10-8-15-13-17(18(15)14-21)19(22)20-9-11-25-16-6-4-3-5-7-16/h3-7,15,17-18H,2,8-14H2,1H3,(H,20,22)/t15-,17-,18-/m1/s1. The number of carbonyl (C=O) groups excluding carboxylic acids is 1. The average molecular weight is 381 g/mol. The van der Waals surface area contributed by atoms with Crippen LogP contribution >= 0.6 is 0 Å². The predicted molar refractivity (Wildman–Crippen MR) is 100 cm³/mol. The number of rotatable bonds is 8. The first kappa shape index (κ1) is 19.2. The summed E-state index contributed by atoms with van der Waals surface area (Å²) in [6, 6.07) is 9.50. The van der Waals surface area contributed by atoms with Crippen LogP contribution in [0.2, 0.25) is 0 Å². The number of hydrogen-bond acceptors (Lipinski definition) is 4. The van der Waals surface area contributed by atoms with E-state index in [1.165, 1.54) is 0 Å². The van der Waals surface area contributed by atoms with Crippen molar-refractivity contribution in [3.8, 4) is 5.75 Å². The molecule has 1 aromatic carbocycles. The predicted octanol–water partition coefficient (Wildman–Crippen LogP) is 1.88. The van der Waals surface area contributed by atoms with Crippen LogP contribution in [0.4, 0.5) is 0 Å². The Morgan fingerprint density at radius 3 is 2.81 bits per heavy atom. The number of sulfonamides is 1. The number of amides is 1. The first-order chi connectivity index (χ1) is 12.5. The Morgan fingerprint density at radius 2 is 2.08 bits per heavy atom. The molecular formula is C19H28N2O4S. The van der Waals surface area contributed by atoms with E-state index in [-0.39, 0.29) is 23.5 Å². The molecule has 0 radical (unpaired) electrons. The molecule has 0 bridgehead atoms. The lowest BCUT2D eigenvalue weighted by Gasteiger charge is -2.49. The van der Waals surface area contributed by atoms with E-state index in [1.807, 2.05) is 37.3 Å². The average Bonchev–Trinajstić information content (AvgIpc) is 2.60. The van der Waals surface area contributed by atoms with Gasteiger partial charge in [0.05, 0.1) is 12.3 Å². The Labute approximate surface area is 156 Å². The van der Waals surface area contributed by atoms with Gasteiger partial charge in [0.25, 0.3) is 0 Å². The van der Waals surface area contributed by atoms with Gasteiger partial charge in [0, 0.05) is 19.0 Å². The highest BCUT2D eigenvalue weighted by molar-refractivity contribution is 7.89. The van der Waals surface area contributed by atoms with Crippen LogP contribution in [0.3, 0.4) is 0 Å². The zero-order chi connectivity index (χ0) is 18.6. The van der Waals surface area contributed by atoms with Crippen molar-refractivity contribution in [2.24, 2.45) is 17.8 Å². The number of hydrogen-bond donors (Lipinski definition) is 1. The molecule has 1 aliphatic carbocycles. The molecule has 3 atom stereocenters. The Hall–Kier alpha value is -1.60. The Balaban J connectivity index is 1.44.